The van der Waals surface area contributed by atoms with E-state index in [9.17, 15) is 0 Å². The van der Waals surface area contributed by atoms with Gasteiger partial charge in [0.25, 0.3) is 0 Å². The van der Waals surface area contributed by atoms with Crippen molar-refractivity contribution in [1.29, 1.82) is 0 Å². The first-order valence-corrected chi connectivity index (χ1v) is 14.2. The number of hydrogen-bond acceptors (Lipinski definition) is 2. The van der Waals surface area contributed by atoms with Gasteiger partial charge in [0.2, 0.25) is 0 Å². The van der Waals surface area contributed by atoms with Crippen LogP contribution < -0.4 is 0 Å². The fraction of sp³-hybridized carbons (Fsp3) is 0.290. The first kappa shape index (κ1) is 27.7. The number of benzene rings is 2. The average Bonchev–Trinajstić information content (AvgIpc) is 3.55. The lowest BCUT2D eigenvalue weighted by molar-refractivity contribution is -0.254. The van der Waals surface area contributed by atoms with E-state index in [4.69, 9.17) is 0 Å². The smallest absolute Gasteiger partial charge is 0.194 e. The third-order valence-corrected chi connectivity index (χ3v) is 9.86. The molecule has 2 heterocycles. The molecule has 0 saturated carbocycles. The topological polar surface area (TPSA) is 0 Å². The highest BCUT2D eigenvalue weighted by atomic mass is 32.1. The third-order valence-electron chi connectivity index (χ3n) is 6.89. The Bertz CT molecular complexity index is 1410. The minimum Gasteiger partial charge on any atom is -0.194 e. The van der Waals surface area contributed by atoms with Gasteiger partial charge in [-0.2, -0.15) is 26.3 Å². The second kappa shape index (κ2) is 9.66. The minimum absolute atomic E-state index is 0.243. The summed E-state index contributed by atoms with van der Waals surface area (Å²) in [5.41, 5.74) is -1.65. The molecular formula is C31H26F6S2. The van der Waals surface area contributed by atoms with Gasteiger partial charge in [0.15, 0.2) is 0 Å². The fourth-order valence-electron chi connectivity index (χ4n) is 4.98. The van der Waals surface area contributed by atoms with Crippen LogP contribution in [-0.2, 0) is 0 Å². The lowest BCUT2D eigenvalue weighted by Crippen LogP contribution is -2.49. The summed E-state index contributed by atoms with van der Waals surface area (Å²) in [4.78, 5) is 1.82. The summed E-state index contributed by atoms with van der Waals surface area (Å²) in [7, 11) is 0. The van der Waals surface area contributed by atoms with Crippen molar-refractivity contribution in [2.24, 2.45) is 0 Å². The van der Waals surface area contributed by atoms with Crippen LogP contribution in [0.15, 0.2) is 72.8 Å². The SMILES string of the molecule is CC(C)c1sc(-c2ccccc2)cc1C1=C(c2cc(-c3ccccc3)sc2C(C)C)C(F)(F)C(F)(F)C1(F)F. The number of allylic oxidation sites excluding steroid dienone is 2. The molecule has 0 aliphatic heterocycles. The van der Waals surface area contributed by atoms with Crippen LogP contribution in [0.1, 0.15) is 60.4 Å². The Hall–Kier alpha value is -2.84. The lowest BCUT2D eigenvalue weighted by Gasteiger charge is -2.26. The molecule has 5 rings (SSSR count). The Morgan fingerprint density at radius 2 is 0.872 bits per heavy atom. The number of halogens is 6. The molecule has 8 heteroatoms. The highest BCUT2D eigenvalue weighted by Gasteiger charge is 2.80. The summed E-state index contributed by atoms with van der Waals surface area (Å²) in [5.74, 6) is -16.5. The van der Waals surface area contributed by atoms with Crippen LogP contribution in [0.2, 0.25) is 0 Å². The van der Waals surface area contributed by atoms with Gasteiger partial charge in [-0.15, -0.1) is 22.7 Å². The van der Waals surface area contributed by atoms with Crippen molar-refractivity contribution < 1.29 is 26.3 Å². The zero-order valence-electron chi connectivity index (χ0n) is 21.7. The number of hydrogen-bond donors (Lipinski definition) is 0. The van der Waals surface area contributed by atoms with Gasteiger partial charge in [-0.1, -0.05) is 88.4 Å². The lowest BCUT2D eigenvalue weighted by atomic mass is 9.91. The first-order chi connectivity index (χ1) is 18.3. The predicted octanol–water partition coefficient (Wildman–Crippen LogP) is 11.2. The summed E-state index contributed by atoms with van der Waals surface area (Å²) in [5, 5.41) is 0. The second-order valence-electron chi connectivity index (χ2n) is 10.3. The van der Waals surface area contributed by atoms with Gasteiger partial charge in [-0.05, 0) is 46.2 Å². The number of thiophene rings is 2. The molecule has 2 aromatic carbocycles. The van der Waals surface area contributed by atoms with Crippen LogP contribution in [0, 0.1) is 0 Å². The molecule has 1 aliphatic rings. The molecule has 0 amide bonds. The highest BCUT2D eigenvalue weighted by molar-refractivity contribution is 7.16. The van der Waals surface area contributed by atoms with E-state index in [0.717, 1.165) is 22.7 Å². The standard InChI is InChI=1S/C31H26F6S2/c1-17(2)27-21(15-23(38-27)19-11-7-5-8-12-19)25-26(30(34,35)31(36,37)29(25,32)33)22-16-24(39-28(22)18(3)4)20-13-9-6-10-14-20/h5-18H,1-4H3. The number of rotatable bonds is 6. The second-order valence-corrected chi connectivity index (χ2v) is 12.5. The quantitative estimate of drug-likeness (QED) is 0.200. The Balaban J connectivity index is 1.87. The predicted molar refractivity (Wildman–Crippen MR) is 149 cm³/mol. The Labute approximate surface area is 231 Å². The molecule has 0 nitrogen and oxygen atoms in total. The molecule has 39 heavy (non-hydrogen) atoms. The molecule has 0 spiro atoms. The highest BCUT2D eigenvalue weighted by Crippen LogP contribution is 2.66. The molecule has 2 aromatic heterocycles. The van der Waals surface area contributed by atoms with Crippen LogP contribution >= 0.6 is 22.7 Å². The van der Waals surface area contributed by atoms with Crippen molar-refractivity contribution >= 4 is 33.8 Å². The fourth-order valence-corrected chi connectivity index (χ4v) is 7.33. The van der Waals surface area contributed by atoms with Gasteiger partial charge in [-0.3, -0.25) is 0 Å². The van der Waals surface area contributed by atoms with E-state index < -0.39 is 28.9 Å². The van der Waals surface area contributed by atoms with Crippen molar-refractivity contribution in [2.45, 2.75) is 57.3 Å². The van der Waals surface area contributed by atoms with Crippen LogP contribution in [0.25, 0.3) is 32.0 Å². The van der Waals surface area contributed by atoms with Gasteiger partial charge in [0.1, 0.15) is 0 Å². The van der Waals surface area contributed by atoms with Gasteiger partial charge in [-0.25, -0.2) is 0 Å². The summed E-state index contributed by atoms with van der Waals surface area (Å²) in [6.07, 6.45) is 0. The monoisotopic (exact) mass is 576 g/mol. The third kappa shape index (κ3) is 4.27. The Morgan fingerprint density at radius 3 is 1.18 bits per heavy atom. The normalized spacial score (nSPS) is 17.9. The molecule has 1 aliphatic carbocycles. The van der Waals surface area contributed by atoms with Crippen LogP contribution in [0.5, 0.6) is 0 Å². The number of alkyl halides is 6. The van der Waals surface area contributed by atoms with E-state index in [-0.39, 0.29) is 23.0 Å². The summed E-state index contributed by atoms with van der Waals surface area (Å²) < 4.78 is 93.3. The molecule has 0 fully saturated rings. The zero-order chi connectivity index (χ0) is 28.3. The summed E-state index contributed by atoms with van der Waals surface area (Å²) in [6.45, 7) is 6.97. The molecule has 0 radical (unpaired) electrons. The zero-order valence-corrected chi connectivity index (χ0v) is 23.3. The maximum absolute atomic E-state index is 15.7. The van der Waals surface area contributed by atoms with E-state index in [1.807, 2.05) is 0 Å². The summed E-state index contributed by atoms with van der Waals surface area (Å²) >= 11 is 2.33. The van der Waals surface area contributed by atoms with Crippen molar-refractivity contribution in [2.75, 3.05) is 0 Å². The maximum atomic E-state index is 15.7. The van der Waals surface area contributed by atoms with Gasteiger partial charge in [0, 0.05) is 30.7 Å². The van der Waals surface area contributed by atoms with Crippen LogP contribution in [0.3, 0.4) is 0 Å². The Morgan fingerprint density at radius 1 is 0.538 bits per heavy atom. The molecule has 0 saturated heterocycles. The molecular weight excluding hydrogens is 550 g/mol. The average molecular weight is 577 g/mol. The van der Waals surface area contributed by atoms with Crippen molar-refractivity contribution in [3.63, 3.8) is 0 Å². The molecule has 0 bridgehead atoms. The van der Waals surface area contributed by atoms with E-state index in [0.29, 0.717) is 30.6 Å². The maximum Gasteiger partial charge on any atom is 0.380 e. The van der Waals surface area contributed by atoms with Crippen molar-refractivity contribution in [1.82, 2.24) is 0 Å². The van der Waals surface area contributed by atoms with Crippen LogP contribution in [-0.4, -0.2) is 17.8 Å². The molecule has 0 atom stereocenters. The minimum atomic E-state index is -5.60. The largest absolute Gasteiger partial charge is 0.380 e. The van der Waals surface area contributed by atoms with Crippen molar-refractivity contribution in [3.05, 3.63) is 93.7 Å². The summed E-state index contributed by atoms with van der Waals surface area (Å²) in [6, 6.07) is 20.5. The van der Waals surface area contributed by atoms with Gasteiger partial charge in [0.05, 0.1) is 0 Å². The molecule has 0 unspecified atom stereocenters. The van der Waals surface area contributed by atoms with Gasteiger partial charge < -0.3 is 0 Å². The van der Waals surface area contributed by atoms with Gasteiger partial charge >= 0.3 is 17.8 Å². The van der Waals surface area contributed by atoms with E-state index in [1.165, 1.54) is 12.1 Å². The Kier molecular flexibility index (Phi) is 6.87. The molecule has 204 valence electrons. The molecule has 4 aromatic rings. The van der Waals surface area contributed by atoms with Crippen LogP contribution in [0.4, 0.5) is 26.3 Å². The van der Waals surface area contributed by atoms with E-state index in [2.05, 4.69) is 0 Å². The van der Waals surface area contributed by atoms with E-state index in [1.54, 1.807) is 88.4 Å². The molecule has 0 N–H and O–H groups in total. The van der Waals surface area contributed by atoms with Crippen molar-refractivity contribution in [3.8, 4) is 20.9 Å². The first-order valence-electron chi connectivity index (χ1n) is 12.6. The van der Waals surface area contributed by atoms with E-state index >= 15 is 26.3 Å².